The van der Waals surface area contributed by atoms with Crippen LogP contribution in [0.2, 0.25) is 0 Å². The van der Waals surface area contributed by atoms with Crippen LogP contribution in [0, 0.1) is 0 Å². The third-order valence-electron chi connectivity index (χ3n) is 10.0. The van der Waals surface area contributed by atoms with Crippen molar-refractivity contribution in [1.29, 1.82) is 0 Å². The van der Waals surface area contributed by atoms with E-state index in [4.69, 9.17) is 15.0 Å². The average Bonchev–Trinajstić information content (AvgIpc) is 3.43. The Balaban J connectivity index is 0.00000245. The van der Waals surface area contributed by atoms with Crippen LogP contribution >= 0.6 is 0 Å². The van der Waals surface area contributed by atoms with Crippen molar-refractivity contribution in [3.63, 3.8) is 0 Å². The highest BCUT2D eigenvalue weighted by atomic mass is 15.0. The molecule has 0 bridgehead atoms. The van der Waals surface area contributed by atoms with Crippen molar-refractivity contribution >= 4 is 16.7 Å². The Bertz CT molecular complexity index is 2410. The monoisotopic (exact) mass is 703 g/mol. The van der Waals surface area contributed by atoms with Crippen LogP contribution in [-0.4, -0.2) is 15.0 Å². The largest absolute Gasteiger partial charge is 0.208 e. The Morgan fingerprint density at radius 1 is 0.574 bits per heavy atom. The molecule has 268 valence electrons. The van der Waals surface area contributed by atoms with Gasteiger partial charge in [0, 0.05) is 22.1 Å². The van der Waals surface area contributed by atoms with Gasteiger partial charge in [0.15, 0.2) is 17.5 Å². The molecule has 3 heteroatoms. The van der Waals surface area contributed by atoms with Gasteiger partial charge in [0.1, 0.15) is 0 Å². The molecular weight excluding hydrogens is 655 g/mol. The summed E-state index contributed by atoms with van der Waals surface area (Å²) >= 11 is 0. The van der Waals surface area contributed by atoms with Gasteiger partial charge in [-0.1, -0.05) is 180 Å². The first-order chi connectivity index (χ1) is 26.3. The SMILES string of the molecule is C=C/C(=C\C1=C(C)c2cccc(-c3nc(-c4cccc(C(/C=C\C)=C/C)c4)nc(-c4cccc(-c5ccccc5)c4)n3)c2C1(C)C)c1ccccc1.CC. The maximum absolute atomic E-state index is 5.26. The molecule has 0 amide bonds. The zero-order valence-electron chi connectivity index (χ0n) is 32.6. The third-order valence-corrected chi connectivity index (χ3v) is 10.0. The van der Waals surface area contributed by atoms with Gasteiger partial charge in [-0.25, -0.2) is 15.0 Å². The van der Waals surface area contributed by atoms with E-state index in [0.717, 1.165) is 50.1 Å². The predicted molar refractivity (Wildman–Crippen MR) is 232 cm³/mol. The number of nitrogens with zero attached hydrogens (tertiary/aromatic N) is 3. The molecule has 0 saturated heterocycles. The Hall–Kier alpha value is -6.19. The smallest absolute Gasteiger partial charge is 0.164 e. The zero-order chi connectivity index (χ0) is 38.2. The molecule has 1 aliphatic rings. The summed E-state index contributed by atoms with van der Waals surface area (Å²) in [5, 5.41) is 0. The van der Waals surface area contributed by atoms with Crippen molar-refractivity contribution in [1.82, 2.24) is 15.0 Å². The highest BCUT2D eigenvalue weighted by molar-refractivity contribution is 5.90. The number of benzene rings is 5. The molecule has 0 saturated carbocycles. The van der Waals surface area contributed by atoms with Crippen molar-refractivity contribution in [2.75, 3.05) is 0 Å². The molecule has 54 heavy (non-hydrogen) atoms. The molecule has 0 fully saturated rings. The van der Waals surface area contributed by atoms with E-state index < -0.39 is 0 Å². The first-order valence-electron chi connectivity index (χ1n) is 18.9. The van der Waals surface area contributed by atoms with Crippen molar-refractivity contribution in [2.45, 2.75) is 53.9 Å². The fourth-order valence-electron chi connectivity index (χ4n) is 7.41. The van der Waals surface area contributed by atoms with Gasteiger partial charge >= 0.3 is 0 Å². The van der Waals surface area contributed by atoms with Gasteiger partial charge in [0.2, 0.25) is 0 Å². The lowest BCUT2D eigenvalue weighted by Gasteiger charge is -2.26. The molecule has 0 N–H and O–H groups in total. The molecule has 0 atom stereocenters. The predicted octanol–water partition coefficient (Wildman–Crippen LogP) is 13.9. The van der Waals surface area contributed by atoms with Gasteiger partial charge in [-0.15, -0.1) is 0 Å². The minimum Gasteiger partial charge on any atom is -0.208 e. The van der Waals surface area contributed by atoms with Crippen LogP contribution in [0.5, 0.6) is 0 Å². The van der Waals surface area contributed by atoms with Crippen LogP contribution in [0.3, 0.4) is 0 Å². The summed E-state index contributed by atoms with van der Waals surface area (Å²) in [5.74, 6) is 1.93. The van der Waals surface area contributed by atoms with Crippen LogP contribution in [0.25, 0.3) is 62.0 Å². The van der Waals surface area contributed by atoms with Crippen LogP contribution < -0.4 is 0 Å². The first-order valence-corrected chi connectivity index (χ1v) is 18.9. The normalized spacial score (nSPS) is 13.8. The van der Waals surface area contributed by atoms with E-state index in [9.17, 15) is 0 Å². The minimum absolute atomic E-state index is 0.327. The van der Waals surface area contributed by atoms with Gasteiger partial charge in [0.05, 0.1) is 0 Å². The van der Waals surface area contributed by atoms with Crippen molar-refractivity contribution in [3.05, 3.63) is 192 Å². The van der Waals surface area contributed by atoms with E-state index >= 15 is 0 Å². The topological polar surface area (TPSA) is 38.7 Å². The third kappa shape index (κ3) is 7.49. The van der Waals surface area contributed by atoms with Crippen LogP contribution in [0.1, 0.15) is 70.7 Å². The number of aromatic nitrogens is 3. The van der Waals surface area contributed by atoms with E-state index in [0.29, 0.717) is 17.5 Å². The summed E-state index contributed by atoms with van der Waals surface area (Å²) in [7, 11) is 0. The van der Waals surface area contributed by atoms with E-state index in [1.807, 2.05) is 39.0 Å². The van der Waals surface area contributed by atoms with E-state index in [2.05, 4.69) is 174 Å². The molecule has 6 aromatic rings. The molecule has 0 aliphatic heterocycles. The molecule has 0 radical (unpaired) electrons. The van der Waals surface area contributed by atoms with Crippen molar-refractivity contribution in [2.24, 2.45) is 0 Å². The molecule has 1 aliphatic carbocycles. The Morgan fingerprint density at radius 3 is 1.76 bits per heavy atom. The van der Waals surface area contributed by atoms with Gasteiger partial charge in [-0.05, 0) is 88.6 Å². The molecule has 3 nitrogen and oxygen atoms in total. The molecule has 1 aromatic heterocycles. The average molecular weight is 704 g/mol. The second-order valence-electron chi connectivity index (χ2n) is 13.6. The van der Waals surface area contributed by atoms with E-state index in [1.54, 1.807) is 0 Å². The summed E-state index contributed by atoms with van der Waals surface area (Å²) in [5.41, 5.74) is 14.3. The molecule has 0 spiro atoms. The van der Waals surface area contributed by atoms with Crippen LogP contribution in [0.4, 0.5) is 0 Å². The lowest BCUT2D eigenvalue weighted by atomic mass is 9.78. The van der Waals surface area contributed by atoms with Gasteiger partial charge in [-0.2, -0.15) is 0 Å². The van der Waals surface area contributed by atoms with E-state index in [1.165, 1.54) is 22.3 Å². The molecule has 7 rings (SSSR count). The number of allylic oxidation sites excluding steroid dienone is 9. The van der Waals surface area contributed by atoms with E-state index in [-0.39, 0.29) is 5.41 Å². The molecular formula is C51H49N3. The van der Waals surface area contributed by atoms with Gasteiger partial charge < -0.3 is 0 Å². The lowest BCUT2D eigenvalue weighted by molar-refractivity contribution is 0.655. The van der Waals surface area contributed by atoms with Crippen molar-refractivity contribution < 1.29 is 0 Å². The number of fused-ring (bicyclic) bond motifs is 1. The lowest BCUT2D eigenvalue weighted by Crippen LogP contribution is -2.18. The van der Waals surface area contributed by atoms with Crippen LogP contribution in [0.15, 0.2) is 170 Å². The fourth-order valence-corrected chi connectivity index (χ4v) is 7.41. The minimum atomic E-state index is -0.327. The van der Waals surface area contributed by atoms with Gasteiger partial charge in [-0.3, -0.25) is 0 Å². The second-order valence-corrected chi connectivity index (χ2v) is 13.6. The standard InChI is InChI=1S/C49H43N3.C2H6/c1-7-19-34(8-2)38-24-16-26-40(30-38)46-50-47(41-27-17-25-39(31-41)37-22-14-11-15-23-37)52-48(51-46)43-29-18-28-42-33(4)44(49(5,6)45(42)43)32-35(9-3)36-20-12-10-13-21-36;1-2/h7-32H,3H2,1-2,4-6H3;1-2H3/b19-7-,34-8+,35-32+;. The maximum atomic E-state index is 5.26. The Morgan fingerprint density at radius 2 is 1.11 bits per heavy atom. The highest BCUT2D eigenvalue weighted by Crippen LogP contribution is 2.51. The highest BCUT2D eigenvalue weighted by Gasteiger charge is 2.38. The summed E-state index contributed by atoms with van der Waals surface area (Å²) in [4.78, 5) is 15.7. The second kappa shape index (κ2) is 16.7. The summed E-state index contributed by atoms with van der Waals surface area (Å²) in [6.45, 7) is 19.1. The number of hydrogen-bond acceptors (Lipinski definition) is 3. The molecule has 0 unspecified atom stereocenters. The fraction of sp³-hybridized carbons (Fsp3) is 0.157. The van der Waals surface area contributed by atoms with Crippen molar-refractivity contribution in [3.8, 4) is 45.3 Å². The number of rotatable bonds is 9. The Labute approximate surface area is 321 Å². The first kappa shape index (κ1) is 37.6. The maximum Gasteiger partial charge on any atom is 0.164 e. The summed E-state index contributed by atoms with van der Waals surface area (Å²) in [6, 6.07) is 44.4. The summed E-state index contributed by atoms with van der Waals surface area (Å²) in [6.07, 6.45) is 10.6. The summed E-state index contributed by atoms with van der Waals surface area (Å²) < 4.78 is 0. The quantitative estimate of drug-likeness (QED) is 0.141. The van der Waals surface area contributed by atoms with Gasteiger partial charge in [0.25, 0.3) is 0 Å². The Kier molecular flexibility index (Phi) is 11.6. The molecule has 1 heterocycles. The number of hydrogen-bond donors (Lipinski definition) is 0. The van der Waals surface area contributed by atoms with Crippen LogP contribution in [-0.2, 0) is 5.41 Å². The zero-order valence-corrected chi connectivity index (χ0v) is 32.6. The molecule has 5 aromatic carbocycles.